The van der Waals surface area contributed by atoms with Crippen LogP contribution in [0.4, 0.5) is 0 Å². The van der Waals surface area contributed by atoms with Gasteiger partial charge in [-0.3, -0.25) is 9.36 Å². The largest absolute Gasteiger partial charge is 0.296 e. The molecule has 0 aliphatic rings. The Kier molecular flexibility index (Phi) is 1.65. The average Bonchev–Trinajstić information content (AvgIpc) is 2.12. The van der Waals surface area contributed by atoms with Crippen LogP contribution in [0.15, 0.2) is 29.2 Å². The van der Waals surface area contributed by atoms with E-state index >= 15 is 0 Å². The minimum absolute atomic E-state index is 0.0226. The minimum Gasteiger partial charge on any atom is -0.296 e. The molecule has 0 fully saturated rings. The molecule has 0 N–H and O–H groups in total. The van der Waals surface area contributed by atoms with Gasteiger partial charge >= 0.3 is 0 Å². The molecule has 0 spiro atoms. The highest BCUT2D eigenvalue weighted by Crippen LogP contribution is 2.12. The van der Waals surface area contributed by atoms with Crippen LogP contribution < -0.4 is 5.56 Å². The minimum atomic E-state index is -0.0226. The van der Waals surface area contributed by atoms with E-state index in [1.807, 2.05) is 19.1 Å². The predicted octanol–water partition coefficient (Wildman–Crippen LogP) is 1.24. The monoisotopic (exact) mass is 174 g/mol. The standard InChI is InChI=1S/C10H10N2O/c1-7-5-6-11-10-8(7)3-4-9(13)12(10)2/h3-6H,1-2H3. The molecule has 66 valence electrons. The van der Waals surface area contributed by atoms with Gasteiger partial charge in [0, 0.05) is 24.7 Å². The van der Waals surface area contributed by atoms with Crippen LogP contribution in [0, 0.1) is 6.92 Å². The molecular formula is C10H10N2O. The lowest BCUT2D eigenvalue weighted by atomic mass is 10.2. The van der Waals surface area contributed by atoms with Crippen LogP contribution in [0.3, 0.4) is 0 Å². The summed E-state index contributed by atoms with van der Waals surface area (Å²) in [4.78, 5) is 15.4. The van der Waals surface area contributed by atoms with Crippen LogP contribution in [0.25, 0.3) is 11.0 Å². The van der Waals surface area contributed by atoms with Gasteiger partial charge in [-0.15, -0.1) is 0 Å². The number of hydrogen-bond donors (Lipinski definition) is 0. The van der Waals surface area contributed by atoms with Crippen LogP contribution in [0.2, 0.25) is 0 Å². The first-order chi connectivity index (χ1) is 6.20. The summed E-state index contributed by atoms with van der Waals surface area (Å²) < 4.78 is 1.56. The summed E-state index contributed by atoms with van der Waals surface area (Å²) in [6.45, 7) is 2.01. The predicted molar refractivity (Wildman–Crippen MR) is 51.7 cm³/mol. The lowest BCUT2D eigenvalue weighted by Gasteiger charge is -2.04. The van der Waals surface area contributed by atoms with Crippen LogP contribution >= 0.6 is 0 Å². The molecule has 2 aromatic heterocycles. The smallest absolute Gasteiger partial charge is 0.251 e. The Morgan fingerprint density at radius 2 is 2.08 bits per heavy atom. The van der Waals surface area contributed by atoms with E-state index in [1.165, 1.54) is 0 Å². The molecule has 0 bridgehead atoms. The fourth-order valence-corrected chi connectivity index (χ4v) is 1.40. The zero-order chi connectivity index (χ0) is 9.42. The van der Waals surface area contributed by atoms with E-state index in [0.717, 1.165) is 16.6 Å². The third kappa shape index (κ3) is 1.13. The Hall–Kier alpha value is -1.64. The summed E-state index contributed by atoms with van der Waals surface area (Å²) in [6, 6.07) is 5.32. The Bertz CT molecular complexity index is 514. The third-order valence-corrected chi connectivity index (χ3v) is 2.23. The third-order valence-electron chi connectivity index (χ3n) is 2.23. The maximum Gasteiger partial charge on any atom is 0.251 e. The fraction of sp³-hybridized carbons (Fsp3) is 0.200. The van der Waals surface area contributed by atoms with Gasteiger partial charge in [0.1, 0.15) is 5.65 Å². The zero-order valence-corrected chi connectivity index (χ0v) is 7.61. The molecule has 3 nitrogen and oxygen atoms in total. The van der Waals surface area contributed by atoms with Crippen molar-refractivity contribution in [2.24, 2.45) is 7.05 Å². The number of aromatic nitrogens is 2. The molecule has 3 heteroatoms. The fourth-order valence-electron chi connectivity index (χ4n) is 1.40. The number of pyridine rings is 2. The van der Waals surface area contributed by atoms with Crippen molar-refractivity contribution in [2.45, 2.75) is 6.92 Å². The van der Waals surface area contributed by atoms with E-state index in [-0.39, 0.29) is 5.56 Å². The second kappa shape index (κ2) is 2.69. The van der Waals surface area contributed by atoms with Crippen molar-refractivity contribution in [3.05, 3.63) is 40.3 Å². The van der Waals surface area contributed by atoms with Crippen molar-refractivity contribution in [1.29, 1.82) is 0 Å². The van der Waals surface area contributed by atoms with Gasteiger partial charge < -0.3 is 0 Å². The normalized spacial score (nSPS) is 10.6. The summed E-state index contributed by atoms with van der Waals surface area (Å²) in [7, 11) is 1.73. The first-order valence-electron chi connectivity index (χ1n) is 4.11. The van der Waals surface area contributed by atoms with Crippen molar-refractivity contribution in [3.63, 3.8) is 0 Å². The molecule has 0 saturated heterocycles. The van der Waals surface area contributed by atoms with Gasteiger partial charge in [-0.2, -0.15) is 0 Å². The molecule has 0 unspecified atom stereocenters. The first-order valence-corrected chi connectivity index (χ1v) is 4.11. The van der Waals surface area contributed by atoms with Gasteiger partial charge in [0.2, 0.25) is 0 Å². The topological polar surface area (TPSA) is 34.9 Å². The van der Waals surface area contributed by atoms with Crippen molar-refractivity contribution < 1.29 is 0 Å². The maximum absolute atomic E-state index is 11.3. The molecule has 2 aromatic rings. The summed E-state index contributed by atoms with van der Waals surface area (Å²) in [5.74, 6) is 0. The van der Waals surface area contributed by atoms with Crippen molar-refractivity contribution >= 4 is 11.0 Å². The number of fused-ring (bicyclic) bond motifs is 1. The summed E-state index contributed by atoms with van der Waals surface area (Å²) in [6.07, 6.45) is 1.72. The lowest BCUT2D eigenvalue weighted by Crippen LogP contribution is -2.16. The van der Waals surface area contributed by atoms with E-state index in [1.54, 1.807) is 23.9 Å². The van der Waals surface area contributed by atoms with Crippen molar-refractivity contribution in [3.8, 4) is 0 Å². The maximum atomic E-state index is 11.3. The summed E-state index contributed by atoms with van der Waals surface area (Å²) >= 11 is 0. The molecule has 0 aliphatic carbocycles. The number of aryl methyl sites for hydroxylation is 2. The summed E-state index contributed by atoms with van der Waals surface area (Å²) in [5.41, 5.74) is 1.86. The highest BCUT2D eigenvalue weighted by molar-refractivity contribution is 5.78. The Morgan fingerprint density at radius 1 is 1.31 bits per heavy atom. The van der Waals surface area contributed by atoms with Gasteiger partial charge in [0.05, 0.1) is 0 Å². The molecule has 13 heavy (non-hydrogen) atoms. The van der Waals surface area contributed by atoms with E-state index in [0.29, 0.717) is 0 Å². The highest BCUT2D eigenvalue weighted by Gasteiger charge is 2.01. The van der Waals surface area contributed by atoms with E-state index in [4.69, 9.17) is 0 Å². The Balaban J connectivity index is 3.03. The van der Waals surface area contributed by atoms with Gasteiger partial charge in [-0.25, -0.2) is 4.98 Å². The number of nitrogens with zero attached hydrogens (tertiary/aromatic N) is 2. The van der Waals surface area contributed by atoms with Gasteiger partial charge in [-0.05, 0) is 24.6 Å². The second-order valence-electron chi connectivity index (χ2n) is 3.10. The number of hydrogen-bond acceptors (Lipinski definition) is 2. The van der Waals surface area contributed by atoms with Crippen LogP contribution in [0.5, 0.6) is 0 Å². The molecule has 0 aliphatic heterocycles. The molecule has 0 saturated carbocycles. The lowest BCUT2D eigenvalue weighted by molar-refractivity contribution is 0.887. The molecule has 0 radical (unpaired) electrons. The van der Waals surface area contributed by atoms with Crippen LogP contribution in [0.1, 0.15) is 5.56 Å². The van der Waals surface area contributed by atoms with E-state index < -0.39 is 0 Å². The molecule has 2 rings (SSSR count). The van der Waals surface area contributed by atoms with Crippen molar-refractivity contribution in [2.75, 3.05) is 0 Å². The quantitative estimate of drug-likeness (QED) is 0.602. The van der Waals surface area contributed by atoms with Gasteiger partial charge in [-0.1, -0.05) is 0 Å². The molecule has 0 aromatic carbocycles. The molecule has 0 amide bonds. The van der Waals surface area contributed by atoms with Crippen LogP contribution in [-0.2, 0) is 7.05 Å². The molecule has 2 heterocycles. The SMILES string of the molecule is Cc1ccnc2c1ccc(=O)n2C. The van der Waals surface area contributed by atoms with E-state index in [9.17, 15) is 4.79 Å². The average molecular weight is 174 g/mol. The van der Waals surface area contributed by atoms with Crippen LogP contribution in [-0.4, -0.2) is 9.55 Å². The second-order valence-corrected chi connectivity index (χ2v) is 3.10. The Labute approximate surface area is 75.7 Å². The number of rotatable bonds is 0. The molecule has 0 atom stereocenters. The van der Waals surface area contributed by atoms with Gasteiger partial charge in [0.15, 0.2) is 0 Å². The highest BCUT2D eigenvalue weighted by atomic mass is 16.1. The zero-order valence-electron chi connectivity index (χ0n) is 7.61. The molecular weight excluding hydrogens is 164 g/mol. The first kappa shape index (κ1) is 7.98. The van der Waals surface area contributed by atoms with Gasteiger partial charge in [0.25, 0.3) is 5.56 Å². The summed E-state index contributed by atoms with van der Waals surface area (Å²) in [5, 5.41) is 1.03. The Morgan fingerprint density at radius 3 is 2.85 bits per heavy atom. The van der Waals surface area contributed by atoms with Crippen molar-refractivity contribution in [1.82, 2.24) is 9.55 Å². The van der Waals surface area contributed by atoms with E-state index in [2.05, 4.69) is 4.98 Å².